The minimum atomic E-state index is -0.361. The van der Waals surface area contributed by atoms with Crippen LogP contribution in [-0.2, 0) is 4.79 Å². The zero-order chi connectivity index (χ0) is 17.4. The van der Waals surface area contributed by atoms with Crippen molar-refractivity contribution in [2.24, 2.45) is 5.10 Å². The number of nitrogens with zero attached hydrogens (tertiary/aromatic N) is 3. The summed E-state index contributed by atoms with van der Waals surface area (Å²) in [7, 11) is 3.94. The van der Waals surface area contributed by atoms with Crippen LogP contribution in [0.2, 0.25) is 0 Å². The quantitative estimate of drug-likeness (QED) is 0.653. The molecular formula is C18H18N4O2. The molecular weight excluding hydrogens is 304 g/mol. The van der Waals surface area contributed by atoms with Crippen molar-refractivity contribution in [2.75, 3.05) is 25.6 Å². The standard InChI is InChI=1S/C18H18N4O2/c1-22(2)16-7-3-15(4-8-16)12-20-21-18(23)13-24-17-9-5-14(11-19)6-10-17/h3-10,12H,13H2,1-2H3,(H,21,23)/b20-12-. The number of ether oxygens (including phenoxy) is 1. The van der Waals surface area contributed by atoms with Crippen molar-refractivity contribution in [3.63, 3.8) is 0 Å². The molecule has 0 atom stereocenters. The van der Waals surface area contributed by atoms with E-state index in [1.165, 1.54) is 0 Å². The SMILES string of the molecule is CN(C)c1ccc(/C=N\NC(=O)COc2ccc(C#N)cc2)cc1. The Morgan fingerprint density at radius 2 is 1.88 bits per heavy atom. The summed E-state index contributed by atoms with van der Waals surface area (Å²) in [6.45, 7) is -0.150. The van der Waals surface area contributed by atoms with Gasteiger partial charge in [0.1, 0.15) is 5.75 Å². The smallest absolute Gasteiger partial charge is 0.277 e. The predicted molar refractivity (Wildman–Crippen MR) is 93.2 cm³/mol. The van der Waals surface area contributed by atoms with Crippen molar-refractivity contribution >= 4 is 17.8 Å². The topological polar surface area (TPSA) is 77.7 Å². The van der Waals surface area contributed by atoms with Gasteiger partial charge in [-0.15, -0.1) is 0 Å². The molecule has 6 heteroatoms. The van der Waals surface area contributed by atoms with E-state index in [0.717, 1.165) is 11.3 Å². The number of hydrogen-bond donors (Lipinski definition) is 1. The molecule has 122 valence electrons. The maximum atomic E-state index is 11.7. The maximum absolute atomic E-state index is 11.7. The van der Waals surface area contributed by atoms with Crippen LogP contribution in [0.1, 0.15) is 11.1 Å². The van der Waals surface area contributed by atoms with E-state index in [1.54, 1.807) is 30.5 Å². The number of hydrogen-bond acceptors (Lipinski definition) is 5. The molecule has 0 unspecified atom stereocenters. The van der Waals surface area contributed by atoms with Gasteiger partial charge >= 0.3 is 0 Å². The van der Waals surface area contributed by atoms with Crippen molar-refractivity contribution < 1.29 is 9.53 Å². The molecule has 0 saturated carbocycles. The van der Waals surface area contributed by atoms with E-state index in [4.69, 9.17) is 10.00 Å². The number of nitrogens with one attached hydrogen (secondary N) is 1. The Morgan fingerprint density at radius 1 is 1.21 bits per heavy atom. The lowest BCUT2D eigenvalue weighted by Gasteiger charge is -2.11. The van der Waals surface area contributed by atoms with Gasteiger partial charge in [-0.25, -0.2) is 5.43 Å². The van der Waals surface area contributed by atoms with Crippen LogP contribution in [0, 0.1) is 11.3 Å². The summed E-state index contributed by atoms with van der Waals surface area (Å²) >= 11 is 0. The summed E-state index contributed by atoms with van der Waals surface area (Å²) in [5, 5.41) is 12.6. The van der Waals surface area contributed by atoms with Gasteiger partial charge in [0, 0.05) is 19.8 Å². The van der Waals surface area contributed by atoms with Gasteiger partial charge in [0.2, 0.25) is 0 Å². The molecule has 2 rings (SSSR count). The van der Waals surface area contributed by atoms with Crippen molar-refractivity contribution in [3.8, 4) is 11.8 Å². The van der Waals surface area contributed by atoms with E-state index < -0.39 is 0 Å². The number of benzene rings is 2. The fourth-order valence-electron chi connectivity index (χ4n) is 1.84. The number of anilines is 1. The van der Waals surface area contributed by atoms with E-state index >= 15 is 0 Å². The number of hydrazone groups is 1. The highest BCUT2D eigenvalue weighted by molar-refractivity contribution is 5.83. The molecule has 0 aliphatic rings. The Bertz CT molecular complexity index is 744. The highest BCUT2D eigenvalue weighted by atomic mass is 16.5. The number of rotatable bonds is 6. The molecule has 0 heterocycles. The van der Waals surface area contributed by atoms with Gasteiger partial charge in [0.05, 0.1) is 17.8 Å². The zero-order valence-corrected chi connectivity index (χ0v) is 13.6. The zero-order valence-electron chi connectivity index (χ0n) is 13.6. The molecule has 0 aliphatic heterocycles. The fraction of sp³-hybridized carbons (Fsp3) is 0.167. The molecule has 6 nitrogen and oxygen atoms in total. The Kier molecular flexibility index (Phi) is 5.92. The molecule has 24 heavy (non-hydrogen) atoms. The molecule has 2 aromatic carbocycles. The van der Waals surface area contributed by atoms with Gasteiger partial charge in [0.25, 0.3) is 5.91 Å². The maximum Gasteiger partial charge on any atom is 0.277 e. The van der Waals surface area contributed by atoms with E-state index in [0.29, 0.717) is 11.3 Å². The Hall–Kier alpha value is -3.33. The van der Waals surface area contributed by atoms with E-state index in [-0.39, 0.29) is 12.5 Å². The third-order valence-corrected chi connectivity index (χ3v) is 3.17. The lowest BCUT2D eigenvalue weighted by molar-refractivity contribution is -0.123. The third kappa shape index (κ3) is 5.14. The van der Waals surface area contributed by atoms with Crippen LogP contribution in [0.4, 0.5) is 5.69 Å². The first-order valence-corrected chi connectivity index (χ1v) is 7.31. The predicted octanol–water partition coefficient (Wildman–Crippen LogP) is 2.15. The second-order valence-corrected chi connectivity index (χ2v) is 5.20. The molecule has 0 bridgehead atoms. The molecule has 0 aliphatic carbocycles. The summed E-state index contributed by atoms with van der Waals surface area (Å²) in [6.07, 6.45) is 1.57. The second-order valence-electron chi connectivity index (χ2n) is 5.20. The first kappa shape index (κ1) is 17.0. The number of amides is 1. The second kappa shape index (κ2) is 8.34. The highest BCUT2D eigenvalue weighted by Crippen LogP contribution is 2.11. The average Bonchev–Trinajstić information content (AvgIpc) is 2.61. The van der Waals surface area contributed by atoms with Crippen LogP contribution in [-0.4, -0.2) is 32.8 Å². The summed E-state index contributed by atoms with van der Waals surface area (Å²) in [4.78, 5) is 13.7. The molecule has 1 amide bonds. The third-order valence-electron chi connectivity index (χ3n) is 3.17. The Balaban J connectivity index is 1.78. The molecule has 0 radical (unpaired) electrons. The van der Waals surface area contributed by atoms with Crippen molar-refractivity contribution in [1.29, 1.82) is 5.26 Å². The van der Waals surface area contributed by atoms with Crippen LogP contribution < -0.4 is 15.1 Å². The number of carbonyl (C=O) groups excluding carboxylic acids is 1. The summed E-state index contributed by atoms with van der Waals surface area (Å²) < 4.78 is 5.31. The van der Waals surface area contributed by atoms with Crippen molar-refractivity contribution in [1.82, 2.24) is 5.43 Å². The Labute approximate surface area is 141 Å². The first-order valence-electron chi connectivity index (χ1n) is 7.31. The summed E-state index contributed by atoms with van der Waals surface area (Å²) in [6, 6.07) is 16.3. The lowest BCUT2D eigenvalue weighted by atomic mass is 10.2. The summed E-state index contributed by atoms with van der Waals surface area (Å²) in [5.41, 5.74) is 4.92. The molecule has 2 aromatic rings. The fourth-order valence-corrected chi connectivity index (χ4v) is 1.84. The van der Waals surface area contributed by atoms with E-state index in [9.17, 15) is 4.79 Å². The van der Waals surface area contributed by atoms with Crippen LogP contribution in [0.15, 0.2) is 53.6 Å². The van der Waals surface area contributed by atoms with E-state index in [2.05, 4.69) is 10.5 Å². The molecule has 0 saturated heterocycles. The van der Waals surface area contributed by atoms with Gasteiger partial charge in [-0.05, 0) is 42.0 Å². The van der Waals surface area contributed by atoms with Gasteiger partial charge in [-0.2, -0.15) is 10.4 Å². The first-order chi connectivity index (χ1) is 11.6. The van der Waals surface area contributed by atoms with Crippen LogP contribution in [0.25, 0.3) is 0 Å². The van der Waals surface area contributed by atoms with Gasteiger partial charge in [-0.1, -0.05) is 12.1 Å². The largest absolute Gasteiger partial charge is 0.484 e. The van der Waals surface area contributed by atoms with Crippen molar-refractivity contribution in [3.05, 3.63) is 59.7 Å². The lowest BCUT2D eigenvalue weighted by Crippen LogP contribution is -2.24. The normalized spacial score (nSPS) is 10.2. The van der Waals surface area contributed by atoms with Gasteiger partial charge in [-0.3, -0.25) is 4.79 Å². The summed E-state index contributed by atoms with van der Waals surface area (Å²) in [5.74, 6) is 0.160. The average molecular weight is 322 g/mol. The van der Waals surface area contributed by atoms with Crippen molar-refractivity contribution in [2.45, 2.75) is 0 Å². The van der Waals surface area contributed by atoms with Crippen LogP contribution >= 0.6 is 0 Å². The molecule has 1 N–H and O–H groups in total. The molecule has 0 aromatic heterocycles. The monoisotopic (exact) mass is 322 g/mol. The molecule has 0 fully saturated rings. The highest BCUT2D eigenvalue weighted by Gasteiger charge is 2.01. The minimum Gasteiger partial charge on any atom is -0.484 e. The molecule has 0 spiro atoms. The van der Waals surface area contributed by atoms with Gasteiger partial charge < -0.3 is 9.64 Å². The Morgan fingerprint density at radius 3 is 2.46 bits per heavy atom. The number of carbonyl (C=O) groups is 1. The van der Waals surface area contributed by atoms with Crippen LogP contribution in [0.5, 0.6) is 5.75 Å². The number of nitriles is 1. The van der Waals surface area contributed by atoms with Crippen LogP contribution in [0.3, 0.4) is 0 Å². The van der Waals surface area contributed by atoms with E-state index in [1.807, 2.05) is 49.3 Å². The van der Waals surface area contributed by atoms with Gasteiger partial charge in [0.15, 0.2) is 6.61 Å². The minimum absolute atomic E-state index is 0.150.